The van der Waals surface area contributed by atoms with E-state index >= 15 is 0 Å². The van der Waals surface area contributed by atoms with Crippen molar-refractivity contribution in [2.75, 3.05) is 19.8 Å². The van der Waals surface area contributed by atoms with Crippen LogP contribution in [0.15, 0.2) is 18.2 Å². The molecule has 0 radical (unpaired) electrons. The van der Waals surface area contributed by atoms with Crippen molar-refractivity contribution in [1.29, 1.82) is 0 Å². The van der Waals surface area contributed by atoms with E-state index in [1.165, 1.54) is 0 Å². The van der Waals surface area contributed by atoms with E-state index in [-0.39, 0.29) is 24.9 Å². The highest BCUT2D eigenvalue weighted by Gasteiger charge is 2.17. The largest absolute Gasteiger partial charge is 0.490 e. The molecule has 0 bridgehead atoms. The summed E-state index contributed by atoms with van der Waals surface area (Å²) in [5.41, 5.74) is 0.375. The molecule has 1 heterocycles. The SMILES string of the molecule is CC(NC(=O)CCNC(=O)OC(C)(C)C)c1ccc2c(c1)OCCCO2. The van der Waals surface area contributed by atoms with Gasteiger partial charge in [-0.1, -0.05) is 6.07 Å². The molecule has 0 saturated heterocycles. The third kappa shape index (κ3) is 6.46. The summed E-state index contributed by atoms with van der Waals surface area (Å²) in [5.74, 6) is 1.28. The number of hydrogen-bond donors (Lipinski definition) is 2. The molecule has 0 saturated carbocycles. The van der Waals surface area contributed by atoms with Gasteiger partial charge in [-0.15, -0.1) is 0 Å². The second-order valence-corrected chi connectivity index (χ2v) is 7.22. The molecule has 0 aromatic heterocycles. The van der Waals surface area contributed by atoms with E-state index in [0.717, 1.165) is 17.7 Å². The Morgan fingerprint density at radius 3 is 2.58 bits per heavy atom. The van der Waals surface area contributed by atoms with Crippen LogP contribution in [0.1, 0.15) is 52.1 Å². The van der Waals surface area contributed by atoms with Gasteiger partial charge in [0.1, 0.15) is 5.60 Å². The number of alkyl carbamates (subject to hydrolysis) is 1. The third-order valence-electron chi connectivity index (χ3n) is 3.67. The van der Waals surface area contributed by atoms with Crippen LogP contribution in [0.4, 0.5) is 4.79 Å². The minimum atomic E-state index is -0.558. The van der Waals surface area contributed by atoms with Crippen LogP contribution in [0.5, 0.6) is 11.5 Å². The average molecular weight is 364 g/mol. The van der Waals surface area contributed by atoms with Crippen molar-refractivity contribution < 1.29 is 23.8 Å². The zero-order valence-corrected chi connectivity index (χ0v) is 15.9. The van der Waals surface area contributed by atoms with Crippen molar-refractivity contribution >= 4 is 12.0 Å². The summed E-state index contributed by atoms with van der Waals surface area (Å²) in [6.07, 6.45) is 0.496. The summed E-state index contributed by atoms with van der Waals surface area (Å²) in [6.45, 7) is 8.74. The van der Waals surface area contributed by atoms with Gasteiger partial charge in [0.05, 0.1) is 19.3 Å². The maximum Gasteiger partial charge on any atom is 0.407 e. The Morgan fingerprint density at radius 1 is 1.19 bits per heavy atom. The van der Waals surface area contributed by atoms with Gasteiger partial charge >= 0.3 is 6.09 Å². The molecule has 1 unspecified atom stereocenters. The van der Waals surface area contributed by atoms with Gasteiger partial charge in [0.15, 0.2) is 11.5 Å². The van der Waals surface area contributed by atoms with Crippen LogP contribution >= 0.6 is 0 Å². The van der Waals surface area contributed by atoms with Gasteiger partial charge in [0.25, 0.3) is 0 Å². The molecule has 1 aromatic rings. The number of hydrogen-bond acceptors (Lipinski definition) is 5. The number of rotatable bonds is 5. The van der Waals surface area contributed by atoms with E-state index in [0.29, 0.717) is 19.0 Å². The normalized spacial score (nSPS) is 14.8. The van der Waals surface area contributed by atoms with Crippen molar-refractivity contribution in [3.05, 3.63) is 23.8 Å². The van der Waals surface area contributed by atoms with Gasteiger partial charge < -0.3 is 24.8 Å². The Labute approximate surface area is 154 Å². The molecule has 0 spiro atoms. The Balaban J connectivity index is 1.80. The van der Waals surface area contributed by atoms with Crippen molar-refractivity contribution in [2.45, 2.75) is 52.2 Å². The fraction of sp³-hybridized carbons (Fsp3) is 0.579. The van der Waals surface area contributed by atoms with Crippen molar-refractivity contribution in [1.82, 2.24) is 10.6 Å². The predicted octanol–water partition coefficient (Wildman–Crippen LogP) is 2.94. The molecule has 7 heteroatoms. The number of nitrogens with one attached hydrogen (secondary N) is 2. The highest BCUT2D eigenvalue weighted by Crippen LogP contribution is 2.32. The molecule has 1 aromatic carbocycles. The van der Waals surface area contributed by atoms with Gasteiger partial charge in [0, 0.05) is 19.4 Å². The maximum atomic E-state index is 12.1. The van der Waals surface area contributed by atoms with Crippen LogP contribution < -0.4 is 20.1 Å². The maximum absolute atomic E-state index is 12.1. The lowest BCUT2D eigenvalue weighted by Crippen LogP contribution is -2.35. The first-order chi connectivity index (χ1) is 12.2. The Bertz CT molecular complexity index is 639. The number of fused-ring (bicyclic) bond motifs is 1. The first kappa shape index (κ1) is 19.9. The second-order valence-electron chi connectivity index (χ2n) is 7.22. The molecule has 144 valence electrons. The number of carbonyl (C=O) groups is 2. The standard InChI is InChI=1S/C19H28N2O5/c1-13(14-6-7-15-16(12-14)25-11-5-10-24-15)21-17(22)8-9-20-18(23)26-19(2,3)4/h6-7,12-13H,5,8-11H2,1-4H3,(H,20,23)(H,21,22). The van der Waals surface area contributed by atoms with E-state index in [4.69, 9.17) is 14.2 Å². The molecule has 1 atom stereocenters. The lowest BCUT2D eigenvalue weighted by Gasteiger charge is -2.20. The molecular weight excluding hydrogens is 336 g/mol. The Kier molecular flexibility index (Phi) is 6.71. The topological polar surface area (TPSA) is 85.9 Å². The second kappa shape index (κ2) is 8.78. The molecule has 2 amide bonds. The lowest BCUT2D eigenvalue weighted by atomic mass is 10.1. The molecule has 1 aliphatic rings. The van der Waals surface area contributed by atoms with Gasteiger partial charge in [-0.05, 0) is 45.4 Å². The summed E-state index contributed by atoms with van der Waals surface area (Å²) < 4.78 is 16.4. The summed E-state index contributed by atoms with van der Waals surface area (Å²) in [4.78, 5) is 23.6. The van der Waals surface area contributed by atoms with Gasteiger partial charge in [-0.2, -0.15) is 0 Å². The number of benzene rings is 1. The zero-order valence-electron chi connectivity index (χ0n) is 15.9. The van der Waals surface area contributed by atoms with Crippen molar-refractivity contribution in [3.8, 4) is 11.5 Å². The smallest absolute Gasteiger partial charge is 0.407 e. The quantitative estimate of drug-likeness (QED) is 0.839. The molecule has 2 rings (SSSR count). The molecule has 26 heavy (non-hydrogen) atoms. The predicted molar refractivity (Wildman–Crippen MR) is 97.5 cm³/mol. The zero-order chi connectivity index (χ0) is 19.2. The molecule has 0 fully saturated rings. The van der Waals surface area contributed by atoms with Gasteiger partial charge in [-0.25, -0.2) is 4.79 Å². The lowest BCUT2D eigenvalue weighted by molar-refractivity contribution is -0.121. The summed E-state index contributed by atoms with van der Waals surface area (Å²) >= 11 is 0. The van der Waals surface area contributed by atoms with Gasteiger partial charge in [0.2, 0.25) is 5.91 Å². The fourth-order valence-electron chi connectivity index (χ4n) is 2.44. The molecule has 2 N–H and O–H groups in total. The Morgan fingerprint density at radius 2 is 1.88 bits per heavy atom. The average Bonchev–Trinajstić information content (AvgIpc) is 2.77. The number of amides is 2. The highest BCUT2D eigenvalue weighted by molar-refractivity contribution is 5.77. The van der Waals surface area contributed by atoms with Crippen molar-refractivity contribution in [3.63, 3.8) is 0 Å². The fourth-order valence-corrected chi connectivity index (χ4v) is 2.44. The third-order valence-corrected chi connectivity index (χ3v) is 3.67. The van der Waals surface area contributed by atoms with E-state index in [1.54, 1.807) is 20.8 Å². The summed E-state index contributed by atoms with van der Waals surface area (Å²) in [5, 5.41) is 5.49. The highest BCUT2D eigenvalue weighted by atomic mass is 16.6. The van der Waals surface area contributed by atoms with Crippen LogP contribution in [0.25, 0.3) is 0 Å². The molecule has 0 aliphatic carbocycles. The van der Waals surface area contributed by atoms with E-state index in [9.17, 15) is 9.59 Å². The van der Waals surface area contributed by atoms with E-state index in [1.807, 2.05) is 25.1 Å². The van der Waals surface area contributed by atoms with E-state index in [2.05, 4.69) is 10.6 Å². The van der Waals surface area contributed by atoms with Crippen LogP contribution in [-0.2, 0) is 9.53 Å². The first-order valence-electron chi connectivity index (χ1n) is 8.90. The van der Waals surface area contributed by atoms with Crippen LogP contribution in [-0.4, -0.2) is 37.4 Å². The number of ether oxygens (including phenoxy) is 3. The van der Waals surface area contributed by atoms with Crippen molar-refractivity contribution in [2.24, 2.45) is 0 Å². The van der Waals surface area contributed by atoms with Gasteiger partial charge in [-0.3, -0.25) is 4.79 Å². The van der Waals surface area contributed by atoms with Crippen LogP contribution in [0.3, 0.4) is 0 Å². The first-order valence-corrected chi connectivity index (χ1v) is 8.90. The molecular formula is C19H28N2O5. The van der Waals surface area contributed by atoms with Crippen LogP contribution in [0.2, 0.25) is 0 Å². The molecule has 7 nitrogen and oxygen atoms in total. The minimum absolute atomic E-state index is 0.152. The monoisotopic (exact) mass is 364 g/mol. The Hall–Kier alpha value is -2.44. The minimum Gasteiger partial charge on any atom is -0.490 e. The summed E-state index contributed by atoms with van der Waals surface area (Å²) in [7, 11) is 0. The number of carbonyl (C=O) groups excluding carboxylic acids is 2. The molecule has 1 aliphatic heterocycles. The van der Waals surface area contributed by atoms with Crippen LogP contribution in [0, 0.1) is 0 Å². The summed E-state index contributed by atoms with van der Waals surface area (Å²) in [6, 6.07) is 5.49. The van der Waals surface area contributed by atoms with E-state index < -0.39 is 11.7 Å².